The van der Waals surface area contributed by atoms with Crippen LogP contribution >= 0.6 is 0 Å². The number of anilines is 1. The minimum Gasteiger partial charge on any atom is -0.331 e. The van der Waals surface area contributed by atoms with E-state index in [1.54, 1.807) is 6.20 Å². The molecule has 5 heteroatoms. The fourth-order valence-electron chi connectivity index (χ4n) is 2.76. The minimum atomic E-state index is 0.276. The second kappa shape index (κ2) is 6.20. The number of nitrogens with two attached hydrogens (primary N) is 1. The van der Waals surface area contributed by atoms with Gasteiger partial charge < -0.3 is 15.5 Å². The average molecular weight is 283 g/mol. The molecule has 1 saturated heterocycles. The molecule has 0 amide bonds. The Bertz CT molecular complexity index is 586. The first kappa shape index (κ1) is 14.0. The predicted octanol–water partition coefficient (Wildman–Crippen LogP) is 1.43. The molecule has 2 heterocycles. The number of likely N-dealkylation sites (N-methyl/N-ethyl adjacent to an activating group) is 1. The molecule has 1 aromatic heterocycles. The van der Waals surface area contributed by atoms with E-state index in [1.165, 1.54) is 5.56 Å². The van der Waals surface area contributed by atoms with E-state index in [0.717, 1.165) is 31.3 Å². The lowest BCUT2D eigenvalue weighted by Gasteiger charge is -2.40. The Morgan fingerprint density at radius 3 is 2.76 bits per heavy atom. The molecule has 2 aromatic rings. The van der Waals surface area contributed by atoms with Crippen molar-refractivity contribution in [3.05, 3.63) is 53.9 Å². The zero-order valence-electron chi connectivity index (χ0n) is 12.3. The Morgan fingerprint density at radius 2 is 2.00 bits per heavy atom. The van der Waals surface area contributed by atoms with Crippen LogP contribution in [-0.4, -0.2) is 41.5 Å². The molecule has 0 spiro atoms. The molecule has 1 aliphatic heterocycles. The highest BCUT2D eigenvalue weighted by atomic mass is 15.3. The normalized spacial score (nSPS) is 19.7. The molecule has 0 saturated carbocycles. The third kappa shape index (κ3) is 3.04. The molecule has 21 heavy (non-hydrogen) atoms. The third-order valence-electron chi connectivity index (χ3n) is 3.93. The van der Waals surface area contributed by atoms with Gasteiger partial charge in [0.05, 0.1) is 11.7 Å². The summed E-state index contributed by atoms with van der Waals surface area (Å²) in [6.45, 7) is 3.35. The average Bonchev–Trinajstić information content (AvgIpc) is 2.55. The molecule has 0 radical (unpaired) electrons. The fraction of sp³-hybridized carbons (Fsp3) is 0.375. The van der Waals surface area contributed by atoms with E-state index in [-0.39, 0.29) is 6.04 Å². The molecule has 1 aliphatic rings. The molecule has 0 aliphatic carbocycles. The van der Waals surface area contributed by atoms with Gasteiger partial charge in [-0.2, -0.15) is 0 Å². The van der Waals surface area contributed by atoms with Gasteiger partial charge in [0.2, 0.25) is 5.95 Å². The van der Waals surface area contributed by atoms with Gasteiger partial charge in [-0.1, -0.05) is 30.3 Å². The summed E-state index contributed by atoms with van der Waals surface area (Å²) in [5.41, 5.74) is 7.88. The highest BCUT2D eigenvalue weighted by Crippen LogP contribution is 2.27. The number of benzene rings is 1. The number of piperazine rings is 1. The van der Waals surface area contributed by atoms with E-state index in [1.807, 2.05) is 12.1 Å². The Kier molecular flexibility index (Phi) is 4.13. The van der Waals surface area contributed by atoms with E-state index in [9.17, 15) is 0 Å². The highest BCUT2D eigenvalue weighted by molar-refractivity contribution is 5.38. The first-order valence-corrected chi connectivity index (χ1v) is 7.30. The molecule has 1 fully saturated rings. The summed E-state index contributed by atoms with van der Waals surface area (Å²) >= 11 is 0. The van der Waals surface area contributed by atoms with Gasteiger partial charge in [-0.25, -0.2) is 9.97 Å². The second-order valence-corrected chi connectivity index (χ2v) is 5.43. The third-order valence-corrected chi connectivity index (χ3v) is 3.93. The number of aromatic nitrogens is 2. The maximum atomic E-state index is 5.70. The SMILES string of the molecule is CN1CCN(c2nccc(CN)n2)C(c2ccccc2)C1. The summed E-state index contributed by atoms with van der Waals surface area (Å²) in [4.78, 5) is 13.7. The zero-order chi connectivity index (χ0) is 14.7. The molecule has 0 bridgehead atoms. The zero-order valence-corrected chi connectivity index (χ0v) is 12.3. The Morgan fingerprint density at radius 1 is 1.19 bits per heavy atom. The van der Waals surface area contributed by atoms with E-state index in [0.29, 0.717) is 6.54 Å². The van der Waals surface area contributed by atoms with Gasteiger partial charge in [-0.15, -0.1) is 0 Å². The van der Waals surface area contributed by atoms with Crippen LogP contribution in [0, 0.1) is 0 Å². The van der Waals surface area contributed by atoms with Crippen LogP contribution in [0.4, 0.5) is 5.95 Å². The van der Waals surface area contributed by atoms with Crippen molar-refractivity contribution in [3.8, 4) is 0 Å². The van der Waals surface area contributed by atoms with Gasteiger partial charge in [0, 0.05) is 32.4 Å². The molecule has 2 N–H and O–H groups in total. The fourth-order valence-corrected chi connectivity index (χ4v) is 2.76. The molecular formula is C16H21N5. The number of rotatable bonds is 3. The van der Waals surface area contributed by atoms with Crippen molar-refractivity contribution >= 4 is 5.95 Å². The summed E-state index contributed by atoms with van der Waals surface area (Å²) in [6.07, 6.45) is 1.80. The molecule has 3 rings (SSSR count). The Labute approximate surface area is 125 Å². The van der Waals surface area contributed by atoms with Crippen LogP contribution in [0.2, 0.25) is 0 Å². The first-order chi connectivity index (χ1) is 10.3. The lowest BCUT2D eigenvalue weighted by Crippen LogP contribution is -2.47. The van der Waals surface area contributed by atoms with Crippen molar-refractivity contribution in [2.24, 2.45) is 5.73 Å². The summed E-state index contributed by atoms with van der Waals surface area (Å²) in [5, 5.41) is 0. The second-order valence-electron chi connectivity index (χ2n) is 5.43. The van der Waals surface area contributed by atoms with Crippen LogP contribution in [0.25, 0.3) is 0 Å². The lowest BCUT2D eigenvalue weighted by molar-refractivity contribution is 0.267. The quantitative estimate of drug-likeness (QED) is 0.923. The number of hydrogen-bond donors (Lipinski definition) is 1. The van der Waals surface area contributed by atoms with Gasteiger partial charge in [0.25, 0.3) is 0 Å². The van der Waals surface area contributed by atoms with Crippen LogP contribution in [0.1, 0.15) is 17.3 Å². The van der Waals surface area contributed by atoms with E-state index in [4.69, 9.17) is 5.73 Å². The molecule has 1 aromatic carbocycles. The summed E-state index contributed by atoms with van der Waals surface area (Å²) in [6, 6.07) is 12.7. The molecule has 1 unspecified atom stereocenters. The highest BCUT2D eigenvalue weighted by Gasteiger charge is 2.28. The van der Waals surface area contributed by atoms with E-state index >= 15 is 0 Å². The van der Waals surface area contributed by atoms with Gasteiger partial charge in [-0.05, 0) is 18.7 Å². The van der Waals surface area contributed by atoms with Crippen molar-refractivity contribution in [1.82, 2.24) is 14.9 Å². The smallest absolute Gasteiger partial charge is 0.226 e. The predicted molar refractivity (Wildman–Crippen MR) is 83.9 cm³/mol. The largest absolute Gasteiger partial charge is 0.331 e. The monoisotopic (exact) mass is 283 g/mol. The lowest BCUT2D eigenvalue weighted by atomic mass is 10.0. The summed E-state index contributed by atoms with van der Waals surface area (Å²) < 4.78 is 0. The molecular weight excluding hydrogens is 262 g/mol. The molecule has 110 valence electrons. The van der Waals surface area contributed by atoms with Crippen LogP contribution in [0.5, 0.6) is 0 Å². The van der Waals surface area contributed by atoms with Gasteiger partial charge in [-0.3, -0.25) is 0 Å². The summed E-state index contributed by atoms with van der Waals surface area (Å²) in [7, 11) is 2.16. The Hall–Kier alpha value is -1.98. The van der Waals surface area contributed by atoms with Crippen molar-refractivity contribution in [3.63, 3.8) is 0 Å². The molecule has 1 atom stereocenters. The van der Waals surface area contributed by atoms with Gasteiger partial charge in [0.15, 0.2) is 0 Å². The van der Waals surface area contributed by atoms with Crippen LogP contribution in [0.15, 0.2) is 42.6 Å². The van der Waals surface area contributed by atoms with Crippen molar-refractivity contribution in [2.45, 2.75) is 12.6 Å². The van der Waals surface area contributed by atoms with Crippen LogP contribution in [0.3, 0.4) is 0 Å². The number of hydrogen-bond acceptors (Lipinski definition) is 5. The van der Waals surface area contributed by atoms with Gasteiger partial charge >= 0.3 is 0 Å². The maximum absolute atomic E-state index is 5.70. The number of nitrogens with zero attached hydrogens (tertiary/aromatic N) is 4. The van der Waals surface area contributed by atoms with Gasteiger partial charge in [0.1, 0.15) is 0 Å². The van der Waals surface area contributed by atoms with Crippen molar-refractivity contribution < 1.29 is 0 Å². The topological polar surface area (TPSA) is 58.3 Å². The standard InChI is InChI=1S/C16H21N5/c1-20-9-10-21(16-18-8-7-14(11-17)19-16)15(12-20)13-5-3-2-4-6-13/h2-8,15H,9-12,17H2,1H3. The molecule has 5 nitrogen and oxygen atoms in total. The van der Waals surface area contributed by atoms with Crippen molar-refractivity contribution in [2.75, 3.05) is 31.6 Å². The summed E-state index contributed by atoms with van der Waals surface area (Å²) in [5.74, 6) is 0.778. The van der Waals surface area contributed by atoms with Crippen molar-refractivity contribution in [1.29, 1.82) is 0 Å². The van der Waals surface area contributed by atoms with E-state index in [2.05, 4.69) is 51.1 Å². The minimum absolute atomic E-state index is 0.276. The Balaban J connectivity index is 1.94. The maximum Gasteiger partial charge on any atom is 0.226 e. The van der Waals surface area contributed by atoms with Crippen LogP contribution in [-0.2, 0) is 6.54 Å². The van der Waals surface area contributed by atoms with E-state index < -0.39 is 0 Å². The first-order valence-electron chi connectivity index (χ1n) is 7.30. The van der Waals surface area contributed by atoms with Crippen LogP contribution < -0.4 is 10.6 Å².